The van der Waals surface area contributed by atoms with E-state index in [2.05, 4.69) is 0 Å². The van der Waals surface area contributed by atoms with Crippen LogP contribution in [-0.2, 0) is 0 Å². The van der Waals surface area contributed by atoms with E-state index in [1.54, 1.807) is 0 Å². The summed E-state index contributed by atoms with van der Waals surface area (Å²) in [7, 11) is 2.01. The Labute approximate surface area is 78.8 Å². The molecule has 3 nitrogen and oxygen atoms in total. The molecule has 0 aromatic heterocycles. The van der Waals surface area contributed by atoms with Crippen molar-refractivity contribution in [2.45, 2.75) is 13.3 Å². The topological polar surface area (TPSA) is 80.1 Å². The third kappa shape index (κ3) is 3.87. The highest BCUT2D eigenvalue weighted by Gasteiger charge is 1.99. The largest absolute Gasteiger partial charge is 0.412 e. The molecule has 0 atom stereocenters. The van der Waals surface area contributed by atoms with Gasteiger partial charge in [-0.1, -0.05) is 36.7 Å². The molecule has 72 valence electrons. The molecule has 0 unspecified atom stereocenters. The van der Waals surface area contributed by atoms with Crippen LogP contribution < -0.4 is 5.46 Å². The van der Waals surface area contributed by atoms with E-state index < -0.39 is 0 Å². The monoisotopic (exact) mass is 182 g/mol. The van der Waals surface area contributed by atoms with Gasteiger partial charge < -0.3 is 11.0 Å². The lowest BCUT2D eigenvalue weighted by molar-refractivity contribution is 0.0988. The lowest BCUT2D eigenvalue weighted by atomic mass is 9.94. The van der Waals surface area contributed by atoms with Crippen LogP contribution in [0.4, 0.5) is 0 Å². The van der Waals surface area contributed by atoms with Gasteiger partial charge in [-0.3, -0.25) is 4.79 Å². The van der Waals surface area contributed by atoms with Crippen molar-refractivity contribution in [3.8, 4) is 0 Å². The SMILES string of the molecule is Bc1ccc(C(=O)CC)cc1.O.O. The maximum absolute atomic E-state index is 11.1. The van der Waals surface area contributed by atoms with Crippen molar-refractivity contribution < 1.29 is 15.7 Å². The lowest BCUT2D eigenvalue weighted by Gasteiger charge is -1.96. The van der Waals surface area contributed by atoms with E-state index in [1.807, 2.05) is 39.0 Å². The lowest BCUT2D eigenvalue weighted by Crippen LogP contribution is -2.03. The first-order valence-corrected chi connectivity index (χ1v) is 3.84. The third-order valence-electron chi connectivity index (χ3n) is 1.69. The van der Waals surface area contributed by atoms with E-state index in [1.165, 1.54) is 5.46 Å². The summed E-state index contributed by atoms with van der Waals surface area (Å²) in [5, 5.41) is 0. The molecule has 1 rings (SSSR count). The van der Waals surface area contributed by atoms with Crippen molar-refractivity contribution in [1.29, 1.82) is 0 Å². The van der Waals surface area contributed by atoms with Crippen LogP contribution in [-0.4, -0.2) is 24.6 Å². The first kappa shape index (κ1) is 14.4. The summed E-state index contributed by atoms with van der Waals surface area (Å²) >= 11 is 0. The zero-order valence-electron chi connectivity index (χ0n) is 7.92. The third-order valence-corrected chi connectivity index (χ3v) is 1.69. The van der Waals surface area contributed by atoms with Gasteiger partial charge in [-0.25, -0.2) is 0 Å². The fraction of sp³-hybridized carbons (Fsp3) is 0.222. The summed E-state index contributed by atoms with van der Waals surface area (Å²) in [6.45, 7) is 1.88. The van der Waals surface area contributed by atoms with Crippen molar-refractivity contribution in [3.63, 3.8) is 0 Å². The Balaban J connectivity index is 0. The van der Waals surface area contributed by atoms with Crippen LogP contribution in [0.3, 0.4) is 0 Å². The summed E-state index contributed by atoms with van der Waals surface area (Å²) in [5.41, 5.74) is 2.01. The van der Waals surface area contributed by atoms with Gasteiger partial charge in [-0.2, -0.15) is 0 Å². The predicted octanol–water partition coefficient (Wildman–Crippen LogP) is -1.11. The van der Waals surface area contributed by atoms with E-state index in [9.17, 15) is 4.79 Å². The molecule has 0 amide bonds. The Hall–Kier alpha value is -1.13. The highest BCUT2D eigenvalue weighted by molar-refractivity contribution is 6.32. The van der Waals surface area contributed by atoms with Gasteiger partial charge in [-0.15, -0.1) is 0 Å². The molecule has 0 aliphatic heterocycles. The number of ketones is 1. The van der Waals surface area contributed by atoms with Gasteiger partial charge in [0.05, 0.1) is 0 Å². The Kier molecular flexibility index (Phi) is 7.09. The minimum atomic E-state index is 0. The number of carbonyl (C=O) groups excluding carboxylic acids is 1. The summed E-state index contributed by atoms with van der Waals surface area (Å²) in [6.07, 6.45) is 0.586. The smallest absolute Gasteiger partial charge is 0.162 e. The molecule has 0 heterocycles. The van der Waals surface area contributed by atoms with Crippen LogP contribution in [0.25, 0.3) is 0 Å². The summed E-state index contributed by atoms with van der Waals surface area (Å²) in [4.78, 5) is 11.1. The number of carbonyl (C=O) groups is 1. The average Bonchev–Trinajstić information content (AvgIpc) is 2.05. The second kappa shape index (κ2) is 6.40. The van der Waals surface area contributed by atoms with E-state index in [-0.39, 0.29) is 16.7 Å². The van der Waals surface area contributed by atoms with Gasteiger partial charge in [-0.05, 0) is 0 Å². The highest BCUT2D eigenvalue weighted by Crippen LogP contribution is 2.00. The van der Waals surface area contributed by atoms with Crippen molar-refractivity contribution in [2.75, 3.05) is 0 Å². The van der Waals surface area contributed by atoms with Gasteiger partial charge in [0.1, 0.15) is 7.85 Å². The van der Waals surface area contributed by atoms with Crippen LogP contribution in [0.15, 0.2) is 24.3 Å². The Morgan fingerprint density at radius 1 is 1.23 bits per heavy atom. The summed E-state index contributed by atoms with van der Waals surface area (Å²) < 4.78 is 0. The molecule has 0 spiro atoms. The molecular weight excluding hydrogens is 167 g/mol. The van der Waals surface area contributed by atoms with Crippen molar-refractivity contribution in [3.05, 3.63) is 29.8 Å². The molecule has 13 heavy (non-hydrogen) atoms. The normalized spacial score (nSPS) is 8.08. The first-order valence-electron chi connectivity index (χ1n) is 3.84. The second-order valence-electron chi connectivity index (χ2n) is 2.64. The number of benzene rings is 1. The molecule has 0 fully saturated rings. The van der Waals surface area contributed by atoms with Gasteiger partial charge in [0.2, 0.25) is 0 Å². The standard InChI is InChI=1S/C9H11BO.2H2O/c1-2-9(11)7-3-5-8(10)6-4-7;;/h3-6H,2,10H2,1H3;2*1H2. The average molecular weight is 182 g/mol. The molecule has 0 bridgehead atoms. The van der Waals surface area contributed by atoms with E-state index >= 15 is 0 Å². The van der Waals surface area contributed by atoms with Crippen molar-refractivity contribution in [2.24, 2.45) is 0 Å². The molecule has 0 radical (unpaired) electrons. The van der Waals surface area contributed by atoms with Gasteiger partial charge >= 0.3 is 0 Å². The van der Waals surface area contributed by atoms with Crippen LogP contribution >= 0.6 is 0 Å². The number of Topliss-reactive ketones (excluding diaryl/α,β-unsaturated/α-hetero) is 1. The van der Waals surface area contributed by atoms with Crippen molar-refractivity contribution >= 4 is 19.1 Å². The highest BCUT2D eigenvalue weighted by atomic mass is 16.1. The first-order chi connectivity index (χ1) is 5.24. The van der Waals surface area contributed by atoms with Gasteiger partial charge in [0, 0.05) is 12.0 Å². The molecule has 1 aromatic carbocycles. The van der Waals surface area contributed by atoms with Gasteiger partial charge in [0.25, 0.3) is 0 Å². The summed E-state index contributed by atoms with van der Waals surface area (Å²) in [6, 6.07) is 7.67. The Bertz CT molecular complexity index is 256. The fourth-order valence-electron chi connectivity index (χ4n) is 0.944. The molecule has 0 aliphatic carbocycles. The van der Waals surface area contributed by atoms with E-state index in [0.29, 0.717) is 6.42 Å². The number of hydrogen-bond acceptors (Lipinski definition) is 1. The second-order valence-corrected chi connectivity index (χ2v) is 2.64. The quantitative estimate of drug-likeness (QED) is 0.421. The molecular formula is C9H15BO3. The van der Waals surface area contributed by atoms with Crippen LogP contribution in [0.5, 0.6) is 0 Å². The van der Waals surface area contributed by atoms with E-state index in [4.69, 9.17) is 0 Å². The minimum absolute atomic E-state index is 0. The minimum Gasteiger partial charge on any atom is -0.412 e. The maximum atomic E-state index is 11.1. The maximum Gasteiger partial charge on any atom is 0.162 e. The summed E-state index contributed by atoms with van der Waals surface area (Å²) in [5.74, 6) is 0.213. The Morgan fingerprint density at radius 3 is 2.08 bits per heavy atom. The zero-order chi connectivity index (χ0) is 8.27. The molecule has 0 saturated carbocycles. The van der Waals surface area contributed by atoms with E-state index in [0.717, 1.165) is 5.56 Å². The number of hydrogen-bond donors (Lipinski definition) is 0. The number of rotatable bonds is 2. The van der Waals surface area contributed by atoms with Gasteiger partial charge in [0.15, 0.2) is 5.78 Å². The van der Waals surface area contributed by atoms with Crippen LogP contribution in [0, 0.1) is 0 Å². The molecule has 4 N–H and O–H groups in total. The molecule has 0 saturated heterocycles. The zero-order valence-corrected chi connectivity index (χ0v) is 7.92. The van der Waals surface area contributed by atoms with Crippen molar-refractivity contribution in [1.82, 2.24) is 0 Å². The van der Waals surface area contributed by atoms with Crippen LogP contribution in [0.1, 0.15) is 23.7 Å². The van der Waals surface area contributed by atoms with Crippen LogP contribution in [0.2, 0.25) is 0 Å². The molecule has 0 aliphatic rings. The Morgan fingerprint density at radius 2 is 1.69 bits per heavy atom. The molecule has 4 heteroatoms. The fourth-order valence-corrected chi connectivity index (χ4v) is 0.944. The predicted molar refractivity (Wildman–Crippen MR) is 56.5 cm³/mol. The molecule has 1 aromatic rings.